The van der Waals surface area contributed by atoms with Crippen LogP contribution in [-0.4, -0.2) is 6.54 Å². The molecule has 0 amide bonds. The fourth-order valence-electron chi connectivity index (χ4n) is 3.28. The SMILES string of the molecule is ClCc1cccc(CNCC2CCCc3ccccc32)c1. The maximum atomic E-state index is 5.89. The molecule has 1 aliphatic carbocycles. The summed E-state index contributed by atoms with van der Waals surface area (Å²) in [4.78, 5) is 0. The zero-order valence-corrected chi connectivity index (χ0v) is 13.1. The maximum Gasteiger partial charge on any atom is 0.0474 e. The molecule has 21 heavy (non-hydrogen) atoms. The molecule has 110 valence electrons. The molecule has 0 spiro atoms. The lowest BCUT2D eigenvalue weighted by atomic mass is 9.83. The second kappa shape index (κ2) is 7.11. The summed E-state index contributed by atoms with van der Waals surface area (Å²) in [6.45, 7) is 1.98. The van der Waals surface area contributed by atoms with Crippen molar-refractivity contribution in [3.63, 3.8) is 0 Å². The van der Waals surface area contributed by atoms with Gasteiger partial charge in [-0.2, -0.15) is 0 Å². The normalized spacial score (nSPS) is 17.5. The van der Waals surface area contributed by atoms with Crippen LogP contribution in [0, 0.1) is 0 Å². The predicted molar refractivity (Wildman–Crippen MR) is 89.8 cm³/mol. The predicted octanol–water partition coefficient (Wildman–Crippen LogP) is 4.64. The Hall–Kier alpha value is -1.31. The van der Waals surface area contributed by atoms with Gasteiger partial charge in [0.2, 0.25) is 0 Å². The number of fused-ring (bicyclic) bond motifs is 1. The van der Waals surface area contributed by atoms with Gasteiger partial charge in [0.25, 0.3) is 0 Å². The highest BCUT2D eigenvalue weighted by atomic mass is 35.5. The van der Waals surface area contributed by atoms with E-state index >= 15 is 0 Å². The first-order valence-electron chi connectivity index (χ1n) is 7.79. The second-order valence-corrected chi connectivity index (χ2v) is 6.14. The van der Waals surface area contributed by atoms with Crippen molar-refractivity contribution in [1.82, 2.24) is 5.32 Å². The van der Waals surface area contributed by atoms with Gasteiger partial charge < -0.3 is 5.32 Å². The van der Waals surface area contributed by atoms with E-state index in [1.165, 1.54) is 30.4 Å². The van der Waals surface area contributed by atoms with Crippen LogP contribution < -0.4 is 5.32 Å². The molecular weight excluding hydrogens is 278 g/mol. The first kappa shape index (κ1) is 14.6. The Bertz CT molecular complexity index is 594. The summed E-state index contributed by atoms with van der Waals surface area (Å²) >= 11 is 5.89. The van der Waals surface area contributed by atoms with Crippen molar-refractivity contribution in [2.75, 3.05) is 6.54 Å². The molecule has 1 atom stereocenters. The van der Waals surface area contributed by atoms with Gasteiger partial charge >= 0.3 is 0 Å². The summed E-state index contributed by atoms with van der Waals surface area (Å²) in [5.41, 5.74) is 5.60. The van der Waals surface area contributed by atoms with Crippen LogP contribution in [0.25, 0.3) is 0 Å². The molecule has 1 unspecified atom stereocenters. The van der Waals surface area contributed by atoms with Gasteiger partial charge in [0.05, 0.1) is 0 Å². The Kier molecular flexibility index (Phi) is 4.95. The van der Waals surface area contributed by atoms with Gasteiger partial charge in [0.1, 0.15) is 0 Å². The van der Waals surface area contributed by atoms with Crippen molar-refractivity contribution in [3.05, 3.63) is 70.8 Å². The van der Waals surface area contributed by atoms with E-state index in [0.29, 0.717) is 11.8 Å². The van der Waals surface area contributed by atoms with Gasteiger partial charge in [0.15, 0.2) is 0 Å². The van der Waals surface area contributed by atoms with Crippen LogP contribution in [0.2, 0.25) is 0 Å². The van der Waals surface area contributed by atoms with Crippen molar-refractivity contribution >= 4 is 11.6 Å². The number of benzene rings is 2. The molecular formula is C19H22ClN. The molecule has 0 aliphatic heterocycles. The summed E-state index contributed by atoms with van der Waals surface area (Å²) in [7, 11) is 0. The van der Waals surface area contributed by atoms with Gasteiger partial charge in [-0.25, -0.2) is 0 Å². The highest BCUT2D eigenvalue weighted by molar-refractivity contribution is 6.17. The Morgan fingerprint density at radius 1 is 1.05 bits per heavy atom. The molecule has 1 nitrogen and oxygen atoms in total. The summed E-state index contributed by atoms with van der Waals surface area (Å²) in [6.07, 6.45) is 3.85. The molecule has 0 saturated heterocycles. The molecule has 2 heteroatoms. The van der Waals surface area contributed by atoms with Crippen LogP contribution in [0.4, 0.5) is 0 Å². The number of nitrogens with one attached hydrogen (secondary N) is 1. The molecule has 0 bridgehead atoms. The summed E-state index contributed by atoms with van der Waals surface area (Å²) in [5, 5.41) is 3.62. The number of hydrogen-bond donors (Lipinski definition) is 1. The van der Waals surface area contributed by atoms with Crippen LogP contribution in [0.1, 0.15) is 41.0 Å². The van der Waals surface area contributed by atoms with Crippen molar-refractivity contribution in [2.24, 2.45) is 0 Å². The molecule has 1 aliphatic rings. The second-order valence-electron chi connectivity index (χ2n) is 5.87. The molecule has 2 aromatic rings. The van der Waals surface area contributed by atoms with Gasteiger partial charge in [-0.1, -0.05) is 48.5 Å². The van der Waals surface area contributed by atoms with E-state index in [-0.39, 0.29) is 0 Å². The topological polar surface area (TPSA) is 12.0 Å². The molecule has 0 heterocycles. The highest BCUT2D eigenvalue weighted by Crippen LogP contribution is 2.30. The standard InChI is InChI=1S/C19H22ClN/c20-12-15-5-3-6-16(11-15)13-21-14-18-9-4-8-17-7-1-2-10-19(17)18/h1-3,5-7,10-11,18,21H,4,8-9,12-14H2. The maximum absolute atomic E-state index is 5.89. The van der Waals surface area contributed by atoms with Crippen LogP contribution in [0.15, 0.2) is 48.5 Å². The van der Waals surface area contributed by atoms with E-state index in [9.17, 15) is 0 Å². The van der Waals surface area contributed by atoms with Crippen LogP contribution in [-0.2, 0) is 18.8 Å². The van der Waals surface area contributed by atoms with Crippen LogP contribution in [0.5, 0.6) is 0 Å². The number of rotatable bonds is 5. The third-order valence-corrected chi connectivity index (χ3v) is 4.67. The average Bonchev–Trinajstić information content (AvgIpc) is 2.55. The third-order valence-electron chi connectivity index (χ3n) is 4.36. The van der Waals surface area contributed by atoms with Gasteiger partial charge in [-0.05, 0) is 47.4 Å². The van der Waals surface area contributed by atoms with Crippen molar-refractivity contribution in [3.8, 4) is 0 Å². The first-order chi connectivity index (χ1) is 10.4. The van der Waals surface area contributed by atoms with E-state index in [1.807, 2.05) is 0 Å². The lowest BCUT2D eigenvalue weighted by Crippen LogP contribution is -2.24. The number of aryl methyl sites for hydroxylation is 1. The van der Waals surface area contributed by atoms with E-state index in [1.54, 1.807) is 11.1 Å². The third kappa shape index (κ3) is 3.66. The van der Waals surface area contributed by atoms with E-state index in [0.717, 1.165) is 13.1 Å². The number of hydrogen-bond acceptors (Lipinski definition) is 1. The first-order valence-corrected chi connectivity index (χ1v) is 8.32. The largest absolute Gasteiger partial charge is 0.312 e. The average molecular weight is 300 g/mol. The van der Waals surface area contributed by atoms with E-state index in [4.69, 9.17) is 11.6 Å². The van der Waals surface area contributed by atoms with E-state index in [2.05, 4.69) is 53.8 Å². The van der Waals surface area contributed by atoms with E-state index < -0.39 is 0 Å². The highest BCUT2D eigenvalue weighted by Gasteiger charge is 2.18. The molecule has 0 fully saturated rings. The summed E-state index contributed by atoms with van der Waals surface area (Å²) in [5.74, 6) is 1.25. The fourth-order valence-corrected chi connectivity index (χ4v) is 3.45. The van der Waals surface area contributed by atoms with Crippen molar-refractivity contribution in [1.29, 1.82) is 0 Å². The monoisotopic (exact) mass is 299 g/mol. The smallest absolute Gasteiger partial charge is 0.0474 e. The minimum atomic E-state index is 0.587. The van der Waals surface area contributed by atoms with Crippen LogP contribution >= 0.6 is 11.6 Å². The zero-order chi connectivity index (χ0) is 14.5. The number of halogens is 1. The zero-order valence-electron chi connectivity index (χ0n) is 12.3. The molecule has 3 rings (SSSR count). The van der Waals surface area contributed by atoms with Gasteiger partial charge in [0, 0.05) is 19.0 Å². The van der Waals surface area contributed by atoms with Gasteiger partial charge in [-0.15, -0.1) is 11.6 Å². The lowest BCUT2D eigenvalue weighted by Gasteiger charge is -2.25. The quantitative estimate of drug-likeness (QED) is 0.793. The summed E-state index contributed by atoms with van der Waals surface area (Å²) in [6, 6.07) is 17.4. The fraction of sp³-hybridized carbons (Fsp3) is 0.368. The Balaban J connectivity index is 1.59. The molecule has 0 saturated carbocycles. The van der Waals surface area contributed by atoms with Crippen LogP contribution in [0.3, 0.4) is 0 Å². The Labute approximate surface area is 132 Å². The number of alkyl halides is 1. The Morgan fingerprint density at radius 2 is 1.90 bits per heavy atom. The summed E-state index contributed by atoms with van der Waals surface area (Å²) < 4.78 is 0. The molecule has 0 radical (unpaired) electrons. The van der Waals surface area contributed by atoms with Crippen molar-refractivity contribution in [2.45, 2.75) is 37.6 Å². The molecule has 2 aromatic carbocycles. The minimum absolute atomic E-state index is 0.587. The van der Waals surface area contributed by atoms with Crippen molar-refractivity contribution < 1.29 is 0 Å². The Morgan fingerprint density at radius 3 is 2.81 bits per heavy atom. The lowest BCUT2D eigenvalue weighted by molar-refractivity contribution is 0.507. The molecule has 1 N–H and O–H groups in total. The molecule has 0 aromatic heterocycles. The van der Waals surface area contributed by atoms with Gasteiger partial charge in [-0.3, -0.25) is 0 Å². The minimum Gasteiger partial charge on any atom is -0.312 e.